The lowest BCUT2D eigenvalue weighted by molar-refractivity contribution is 0.184. The Morgan fingerprint density at radius 3 is 2.43 bits per heavy atom. The predicted octanol–water partition coefficient (Wildman–Crippen LogP) is 0.258. The summed E-state index contributed by atoms with van der Waals surface area (Å²) in [4.78, 5) is 11.7. The van der Waals surface area contributed by atoms with Crippen LogP contribution in [0.1, 0.15) is 13.8 Å². The van der Waals surface area contributed by atoms with Crippen molar-refractivity contribution in [3.05, 3.63) is 41.6 Å². The molecular formula is C14H20N4O3. The fraction of sp³-hybridized carbons (Fsp3) is 0.357. The smallest absolute Gasteiger partial charge is 0.337 e. The number of hydrogen-bond acceptors (Lipinski definition) is 5. The zero-order valence-corrected chi connectivity index (χ0v) is 11.9. The van der Waals surface area contributed by atoms with E-state index in [2.05, 4.69) is 21.5 Å². The second-order valence-electron chi connectivity index (χ2n) is 4.95. The highest BCUT2D eigenvalue weighted by Crippen LogP contribution is 2.20. The van der Waals surface area contributed by atoms with Crippen molar-refractivity contribution in [2.24, 2.45) is 0 Å². The van der Waals surface area contributed by atoms with Gasteiger partial charge in [-0.15, -0.1) is 0 Å². The van der Waals surface area contributed by atoms with Crippen LogP contribution in [-0.2, 0) is 0 Å². The molecule has 1 aliphatic heterocycles. The molecule has 1 aromatic carbocycles. The average molecular weight is 292 g/mol. The molecule has 7 nitrogen and oxygen atoms in total. The van der Waals surface area contributed by atoms with E-state index >= 15 is 0 Å². The molecule has 0 aromatic heterocycles. The summed E-state index contributed by atoms with van der Waals surface area (Å²) < 4.78 is 0. The summed E-state index contributed by atoms with van der Waals surface area (Å²) in [5.74, 6) is 0. The summed E-state index contributed by atoms with van der Waals surface area (Å²) in [6, 6.07) is 8.33. The molecule has 1 saturated heterocycles. The number of rotatable bonds is 3. The highest BCUT2D eigenvalue weighted by Gasteiger charge is 2.34. The fourth-order valence-corrected chi connectivity index (χ4v) is 2.19. The molecule has 0 bridgehead atoms. The van der Waals surface area contributed by atoms with E-state index in [0.29, 0.717) is 17.0 Å². The van der Waals surface area contributed by atoms with Gasteiger partial charge in [-0.05, 0) is 26.0 Å². The van der Waals surface area contributed by atoms with Gasteiger partial charge in [-0.3, -0.25) is 10.7 Å². The van der Waals surface area contributed by atoms with Gasteiger partial charge in [0, 0.05) is 23.0 Å². The summed E-state index contributed by atoms with van der Waals surface area (Å²) in [7, 11) is 0. The van der Waals surface area contributed by atoms with Crippen LogP contribution in [0.3, 0.4) is 0 Å². The van der Waals surface area contributed by atoms with E-state index in [9.17, 15) is 15.0 Å². The molecule has 1 aromatic rings. The van der Waals surface area contributed by atoms with Crippen molar-refractivity contribution in [2.45, 2.75) is 32.2 Å². The van der Waals surface area contributed by atoms with Gasteiger partial charge in [-0.1, -0.05) is 18.2 Å². The number of carbonyl (C=O) groups excluding carboxylic acids is 1. The van der Waals surface area contributed by atoms with Crippen LogP contribution in [0.2, 0.25) is 0 Å². The van der Waals surface area contributed by atoms with Crippen LogP contribution in [0, 0.1) is 0 Å². The summed E-state index contributed by atoms with van der Waals surface area (Å²) in [5.41, 5.74) is 6.72. The Bertz CT molecular complexity index is 532. The van der Waals surface area contributed by atoms with Crippen LogP contribution >= 0.6 is 0 Å². The second kappa shape index (κ2) is 6.57. The van der Waals surface area contributed by atoms with Crippen molar-refractivity contribution in [1.29, 1.82) is 0 Å². The number of amides is 2. The van der Waals surface area contributed by atoms with Crippen molar-refractivity contribution in [1.82, 2.24) is 16.2 Å². The lowest BCUT2D eigenvalue weighted by Crippen LogP contribution is -2.40. The van der Waals surface area contributed by atoms with Gasteiger partial charge in [0.25, 0.3) is 0 Å². The molecule has 7 heteroatoms. The predicted molar refractivity (Wildman–Crippen MR) is 79.0 cm³/mol. The number of anilines is 1. The summed E-state index contributed by atoms with van der Waals surface area (Å²) in [6.45, 7) is 3.44. The first-order valence-electron chi connectivity index (χ1n) is 6.70. The van der Waals surface area contributed by atoms with Crippen LogP contribution in [0.4, 0.5) is 10.5 Å². The number of carbonyl (C=O) groups is 1. The second-order valence-corrected chi connectivity index (χ2v) is 4.95. The lowest BCUT2D eigenvalue weighted by atomic mass is 10.1. The average Bonchev–Trinajstić information content (AvgIpc) is 2.71. The number of urea groups is 1. The molecule has 0 aliphatic carbocycles. The minimum Gasteiger partial charge on any atom is -0.387 e. The number of hydrazine groups is 1. The van der Waals surface area contributed by atoms with Crippen LogP contribution < -0.4 is 21.5 Å². The zero-order valence-electron chi connectivity index (χ0n) is 11.9. The minimum absolute atomic E-state index is 0.245. The van der Waals surface area contributed by atoms with E-state index in [0.717, 1.165) is 0 Å². The maximum atomic E-state index is 11.7. The standard InChI is InChI=1S/C14H20N4O3/c1-8(11-12(19)9(2)15-13(11)20)17-18-14(21)16-10-6-4-3-5-7-10/h3-7,9,12-13,15,17,19-20H,1-2H3,(H2,16,18,21)/b11-8-. The molecule has 0 radical (unpaired) electrons. The first kappa shape index (κ1) is 15.3. The first-order valence-corrected chi connectivity index (χ1v) is 6.70. The molecule has 114 valence electrons. The van der Waals surface area contributed by atoms with Crippen LogP contribution in [0.5, 0.6) is 0 Å². The van der Waals surface area contributed by atoms with Crippen molar-refractivity contribution in [2.75, 3.05) is 5.32 Å². The number of nitrogens with one attached hydrogen (secondary N) is 4. The SMILES string of the molecule is C/C(NNC(=O)Nc1ccccc1)=C1/C(O)NC(C)C1O. The number of para-hydroxylation sites is 1. The number of hydrogen-bond donors (Lipinski definition) is 6. The molecule has 3 atom stereocenters. The maximum Gasteiger partial charge on any atom is 0.337 e. The van der Waals surface area contributed by atoms with E-state index in [1.165, 1.54) is 0 Å². The van der Waals surface area contributed by atoms with Crippen molar-refractivity contribution in [3.63, 3.8) is 0 Å². The molecule has 1 fully saturated rings. The Balaban J connectivity index is 1.92. The fourth-order valence-electron chi connectivity index (χ4n) is 2.19. The molecule has 0 spiro atoms. The Kier molecular flexibility index (Phi) is 4.79. The number of allylic oxidation sites excluding steroid dienone is 1. The Labute approximate surface area is 123 Å². The highest BCUT2D eigenvalue weighted by atomic mass is 16.3. The highest BCUT2D eigenvalue weighted by molar-refractivity contribution is 5.88. The van der Waals surface area contributed by atoms with Gasteiger partial charge in [0.05, 0.1) is 6.10 Å². The van der Waals surface area contributed by atoms with E-state index < -0.39 is 18.4 Å². The summed E-state index contributed by atoms with van der Waals surface area (Å²) in [5, 5.41) is 25.2. The van der Waals surface area contributed by atoms with Crippen LogP contribution in [0.25, 0.3) is 0 Å². The number of aliphatic hydroxyl groups is 2. The van der Waals surface area contributed by atoms with E-state index in [1.54, 1.807) is 26.0 Å². The first-order chi connectivity index (χ1) is 9.99. The van der Waals surface area contributed by atoms with Crippen LogP contribution in [-0.4, -0.2) is 34.6 Å². The molecule has 1 aliphatic rings. The molecule has 21 heavy (non-hydrogen) atoms. The van der Waals surface area contributed by atoms with Crippen molar-refractivity contribution < 1.29 is 15.0 Å². The third-order valence-electron chi connectivity index (χ3n) is 3.34. The molecular weight excluding hydrogens is 272 g/mol. The number of aliphatic hydroxyl groups excluding tert-OH is 2. The normalized spacial score (nSPS) is 27.1. The molecule has 2 amide bonds. The topological polar surface area (TPSA) is 106 Å². The Morgan fingerprint density at radius 2 is 1.86 bits per heavy atom. The van der Waals surface area contributed by atoms with Crippen molar-refractivity contribution in [3.8, 4) is 0 Å². The summed E-state index contributed by atoms with van der Waals surface area (Å²) in [6.07, 6.45) is -1.73. The molecule has 1 heterocycles. The minimum atomic E-state index is -0.929. The third kappa shape index (κ3) is 3.72. The van der Waals surface area contributed by atoms with Gasteiger partial charge in [0.2, 0.25) is 0 Å². The lowest BCUT2D eigenvalue weighted by Gasteiger charge is -2.16. The monoisotopic (exact) mass is 292 g/mol. The van der Waals surface area contributed by atoms with Gasteiger partial charge in [0.1, 0.15) is 6.23 Å². The van der Waals surface area contributed by atoms with Crippen molar-refractivity contribution >= 4 is 11.7 Å². The van der Waals surface area contributed by atoms with E-state index in [-0.39, 0.29) is 6.04 Å². The van der Waals surface area contributed by atoms with Gasteiger partial charge in [0.15, 0.2) is 0 Å². The molecule has 6 N–H and O–H groups in total. The van der Waals surface area contributed by atoms with E-state index in [4.69, 9.17) is 0 Å². The van der Waals surface area contributed by atoms with Gasteiger partial charge in [-0.2, -0.15) is 0 Å². The molecule has 2 rings (SSSR count). The third-order valence-corrected chi connectivity index (χ3v) is 3.34. The molecule has 3 unspecified atom stereocenters. The number of benzene rings is 1. The summed E-state index contributed by atoms with van der Waals surface area (Å²) >= 11 is 0. The van der Waals surface area contributed by atoms with Crippen LogP contribution in [0.15, 0.2) is 41.6 Å². The Hall–Kier alpha value is -2.09. The van der Waals surface area contributed by atoms with E-state index in [1.807, 2.05) is 18.2 Å². The molecule has 0 saturated carbocycles. The maximum absolute atomic E-state index is 11.7. The van der Waals surface area contributed by atoms with Gasteiger partial charge >= 0.3 is 6.03 Å². The largest absolute Gasteiger partial charge is 0.387 e. The Morgan fingerprint density at radius 1 is 1.19 bits per heavy atom. The quantitative estimate of drug-likeness (QED) is 0.448. The van der Waals surface area contributed by atoms with Gasteiger partial charge < -0.3 is 21.0 Å². The van der Waals surface area contributed by atoms with Gasteiger partial charge in [-0.25, -0.2) is 4.79 Å². The zero-order chi connectivity index (χ0) is 15.4.